The number of nitrogens with zero attached hydrogens (tertiary/aromatic N) is 4. The molecule has 144 valence electrons. The van der Waals surface area contributed by atoms with Gasteiger partial charge < -0.3 is 15.2 Å². The third-order valence-corrected chi connectivity index (χ3v) is 5.25. The number of hydrogen-bond donors (Lipinski definition) is 2. The second-order valence-corrected chi connectivity index (χ2v) is 7.15. The molecular weight excluding hydrogens is 352 g/mol. The van der Waals surface area contributed by atoms with E-state index in [1.165, 1.54) is 0 Å². The fourth-order valence-corrected chi connectivity index (χ4v) is 3.40. The fourth-order valence-electron chi connectivity index (χ4n) is 3.40. The lowest BCUT2D eigenvalue weighted by molar-refractivity contribution is 0.522. The summed E-state index contributed by atoms with van der Waals surface area (Å²) in [6, 6.07) is 10.3. The van der Waals surface area contributed by atoms with Gasteiger partial charge >= 0.3 is 0 Å². The van der Waals surface area contributed by atoms with Gasteiger partial charge in [0.05, 0.1) is 0 Å². The Labute approximate surface area is 163 Å². The molecule has 0 unspecified atom stereocenters. The van der Waals surface area contributed by atoms with Crippen molar-refractivity contribution in [1.29, 1.82) is 0 Å². The smallest absolute Gasteiger partial charge is 0.254 e. The number of hydrogen-bond acceptors (Lipinski definition) is 6. The zero-order chi connectivity index (χ0) is 19.5. The van der Waals surface area contributed by atoms with E-state index in [1.807, 2.05) is 37.4 Å². The number of aryl methyl sites for hydroxylation is 1. The molecule has 1 aliphatic rings. The van der Waals surface area contributed by atoms with E-state index < -0.39 is 0 Å². The van der Waals surface area contributed by atoms with Crippen molar-refractivity contribution in [3.8, 4) is 11.4 Å². The normalized spacial score (nSPS) is 14.9. The number of piperidine rings is 1. The minimum Gasteiger partial charge on any atom is -0.367 e. The predicted octanol–water partition coefficient (Wildman–Crippen LogP) is 2.92. The van der Waals surface area contributed by atoms with E-state index >= 15 is 0 Å². The van der Waals surface area contributed by atoms with Gasteiger partial charge in [-0.1, -0.05) is 6.07 Å². The van der Waals surface area contributed by atoms with Crippen LogP contribution in [0, 0.1) is 13.8 Å². The average molecular weight is 376 g/mol. The number of aromatic amines is 1. The fraction of sp³-hybridized carbons (Fsp3) is 0.333. The largest absolute Gasteiger partial charge is 0.367 e. The zero-order valence-corrected chi connectivity index (χ0v) is 16.1. The average Bonchev–Trinajstić information content (AvgIpc) is 2.73. The maximum absolute atomic E-state index is 12.0. The van der Waals surface area contributed by atoms with Gasteiger partial charge in [0, 0.05) is 48.3 Å². The van der Waals surface area contributed by atoms with Gasteiger partial charge in [-0.2, -0.15) is 0 Å². The molecule has 0 aromatic carbocycles. The number of pyridine rings is 2. The van der Waals surface area contributed by atoms with Gasteiger partial charge in [-0.25, -0.2) is 15.0 Å². The quantitative estimate of drug-likeness (QED) is 0.728. The van der Waals surface area contributed by atoms with E-state index in [0.717, 1.165) is 48.8 Å². The minimum absolute atomic E-state index is 0.107. The maximum atomic E-state index is 12.0. The van der Waals surface area contributed by atoms with Gasteiger partial charge in [0.15, 0.2) is 0 Å². The summed E-state index contributed by atoms with van der Waals surface area (Å²) in [6.45, 7) is 5.56. The molecule has 0 saturated carbocycles. The molecule has 28 heavy (non-hydrogen) atoms. The number of H-pyrrole nitrogens is 1. The van der Waals surface area contributed by atoms with Crippen LogP contribution in [0.1, 0.15) is 24.1 Å². The molecule has 0 aliphatic carbocycles. The van der Waals surface area contributed by atoms with Crippen LogP contribution in [0.5, 0.6) is 0 Å². The van der Waals surface area contributed by atoms with Gasteiger partial charge in [-0.3, -0.25) is 4.79 Å². The van der Waals surface area contributed by atoms with Crippen molar-refractivity contribution in [2.24, 2.45) is 0 Å². The first-order valence-electron chi connectivity index (χ1n) is 9.56. The van der Waals surface area contributed by atoms with Crippen LogP contribution in [0.15, 0.2) is 47.5 Å². The minimum atomic E-state index is -0.107. The number of nitrogens with one attached hydrogen (secondary N) is 2. The number of aromatic nitrogens is 4. The van der Waals surface area contributed by atoms with Gasteiger partial charge in [-0.05, 0) is 51.0 Å². The van der Waals surface area contributed by atoms with Crippen LogP contribution >= 0.6 is 0 Å². The van der Waals surface area contributed by atoms with E-state index in [0.29, 0.717) is 17.4 Å². The van der Waals surface area contributed by atoms with Crippen LogP contribution in [0.3, 0.4) is 0 Å². The van der Waals surface area contributed by atoms with Crippen molar-refractivity contribution in [2.75, 3.05) is 23.3 Å². The van der Waals surface area contributed by atoms with E-state index in [4.69, 9.17) is 0 Å². The molecule has 7 nitrogen and oxygen atoms in total. The van der Waals surface area contributed by atoms with Gasteiger partial charge in [0.2, 0.25) is 0 Å². The van der Waals surface area contributed by atoms with Crippen molar-refractivity contribution in [1.82, 2.24) is 19.9 Å². The number of rotatable bonds is 4. The highest BCUT2D eigenvalue weighted by Gasteiger charge is 2.20. The van der Waals surface area contributed by atoms with Crippen LogP contribution in [0.2, 0.25) is 0 Å². The van der Waals surface area contributed by atoms with E-state index in [9.17, 15) is 4.79 Å². The molecule has 3 aromatic heterocycles. The topological polar surface area (TPSA) is 86.8 Å². The molecule has 1 fully saturated rings. The standard InChI is InChI=1S/C21H24N6O/c1-14-15(2)24-20(26-21(14)28)16-6-7-18(23-13-16)25-17-8-11-27(12-9-17)19-5-3-4-10-22-19/h3-7,10,13,17H,8-9,11-12H2,1-2H3,(H,23,25)(H,24,26,28). The summed E-state index contributed by atoms with van der Waals surface area (Å²) < 4.78 is 0. The molecule has 1 saturated heterocycles. The molecule has 2 N–H and O–H groups in total. The third kappa shape index (κ3) is 3.88. The van der Waals surface area contributed by atoms with Gasteiger partial charge in [0.25, 0.3) is 5.56 Å². The Bertz CT molecular complexity index is 992. The van der Waals surface area contributed by atoms with Crippen LogP contribution in [0.4, 0.5) is 11.6 Å². The highest BCUT2D eigenvalue weighted by Crippen LogP contribution is 2.21. The van der Waals surface area contributed by atoms with E-state index in [2.05, 4.69) is 36.2 Å². The van der Waals surface area contributed by atoms with Crippen molar-refractivity contribution in [2.45, 2.75) is 32.7 Å². The lowest BCUT2D eigenvalue weighted by Crippen LogP contribution is -2.39. The second kappa shape index (κ2) is 7.80. The highest BCUT2D eigenvalue weighted by atomic mass is 16.1. The second-order valence-electron chi connectivity index (χ2n) is 7.15. The lowest BCUT2D eigenvalue weighted by Gasteiger charge is -2.33. The lowest BCUT2D eigenvalue weighted by atomic mass is 10.0. The molecule has 0 spiro atoms. The molecule has 0 radical (unpaired) electrons. The Balaban J connectivity index is 1.38. The molecular formula is C21H24N6O. The summed E-state index contributed by atoms with van der Waals surface area (Å²) in [4.78, 5) is 30.5. The summed E-state index contributed by atoms with van der Waals surface area (Å²) >= 11 is 0. The molecule has 4 rings (SSSR count). The first-order valence-corrected chi connectivity index (χ1v) is 9.56. The summed E-state index contributed by atoms with van der Waals surface area (Å²) in [5.41, 5.74) is 2.08. The molecule has 1 aliphatic heterocycles. The highest BCUT2D eigenvalue weighted by molar-refractivity contribution is 5.56. The molecule has 0 amide bonds. The predicted molar refractivity (Wildman–Crippen MR) is 111 cm³/mol. The summed E-state index contributed by atoms with van der Waals surface area (Å²) in [5.74, 6) is 2.43. The Morgan fingerprint density at radius 2 is 1.93 bits per heavy atom. The summed E-state index contributed by atoms with van der Waals surface area (Å²) in [6.07, 6.45) is 5.65. The molecule has 3 aromatic rings. The number of anilines is 2. The third-order valence-electron chi connectivity index (χ3n) is 5.25. The molecule has 7 heteroatoms. The van der Waals surface area contributed by atoms with Crippen LogP contribution in [0.25, 0.3) is 11.4 Å². The van der Waals surface area contributed by atoms with Crippen molar-refractivity contribution < 1.29 is 0 Å². The first-order chi connectivity index (χ1) is 13.6. The Hall–Kier alpha value is -3.22. The summed E-state index contributed by atoms with van der Waals surface area (Å²) in [7, 11) is 0. The molecule has 0 bridgehead atoms. The monoisotopic (exact) mass is 376 g/mol. The van der Waals surface area contributed by atoms with Crippen LogP contribution in [-0.4, -0.2) is 39.1 Å². The Kier molecular flexibility index (Phi) is 5.06. The van der Waals surface area contributed by atoms with Crippen molar-refractivity contribution >= 4 is 11.6 Å². The van der Waals surface area contributed by atoms with Crippen molar-refractivity contribution in [3.63, 3.8) is 0 Å². The van der Waals surface area contributed by atoms with Crippen LogP contribution < -0.4 is 15.8 Å². The van der Waals surface area contributed by atoms with Crippen LogP contribution in [-0.2, 0) is 0 Å². The first kappa shape index (κ1) is 18.2. The zero-order valence-electron chi connectivity index (χ0n) is 16.1. The molecule has 0 atom stereocenters. The van der Waals surface area contributed by atoms with Gasteiger partial charge in [0.1, 0.15) is 17.5 Å². The maximum Gasteiger partial charge on any atom is 0.254 e. The van der Waals surface area contributed by atoms with Crippen molar-refractivity contribution in [3.05, 3.63) is 64.3 Å². The molecule has 4 heterocycles. The van der Waals surface area contributed by atoms with E-state index in [-0.39, 0.29) is 5.56 Å². The Morgan fingerprint density at radius 1 is 1.11 bits per heavy atom. The Morgan fingerprint density at radius 3 is 2.57 bits per heavy atom. The SMILES string of the molecule is Cc1nc(-c2ccc(NC3CCN(c4ccccn4)CC3)nc2)[nH]c(=O)c1C. The summed E-state index contributed by atoms with van der Waals surface area (Å²) in [5, 5.41) is 3.51. The van der Waals surface area contributed by atoms with E-state index in [1.54, 1.807) is 13.1 Å². The van der Waals surface area contributed by atoms with Gasteiger partial charge in [-0.15, -0.1) is 0 Å².